The van der Waals surface area contributed by atoms with Crippen LogP contribution in [0.25, 0.3) is 0 Å². The van der Waals surface area contributed by atoms with Crippen molar-refractivity contribution >= 4 is 45.0 Å². The number of nitrogens with zero attached hydrogens (tertiary/aromatic N) is 3. The molecule has 6 nitrogen and oxygen atoms in total. The molecule has 1 amide bonds. The average Bonchev–Trinajstić information content (AvgIpc) is 3.02. The molecule has 1 aliphatic heterocycles. The Balaban J connectivity index is 1.76. The van der Waals surface area contributed by atoms with Gasteiger partial charge in [0.05, 0.1) is 32.7 Å². The molecule has 2 aromatic carbocycles. The number of carbonyl (C=O) groups is 1. The fraction of sp³-hybridized carbons (Fsp3) is 0.211. The van der Waals surface area contributed by atoms with Crippen LogP contribution in [0.3, 0.4) is 0 Å². The van der Waals surface area contributed by atoms with E-state index in [1.807, 2.05) is 42.5 Å². The van der Waals surface area contributed by atoms with Gasteiger partial charge in [0, 0.05) is 10.0 Å². The predicted octanol–water partition coefficient (Wildman–Crippen LogP) is 3.93. The van der Waals surface area contributed by atoms with Crippen LogP contribution in [-0.4, -0.2) is 42.2 Å². The third kappa shape index (κ3) is 4.90. The maximum absolute atomic E-state index is 12.2. The minimum atomic E-state index is 0.0183. The highest BCUT2D eigenvalue weighted by atomic mass is 79.9. The average molecular weight is 448 g/mol. The lowest BCUT2D eigenvalue weighted by molar-refractivity contribution is -0.124. The molecule has 1 aliphatic rings. The number of halogens is 1. The van der Waals surface area contributed by atoms with E-state index < -0.39 is 0 Å². The number of hydrogen-bond donors (Lipinski definition) is 0. The van der Waals surface area contributed by atoms with Crippen molar-refractivity contribution in [1.29, 1.82) is 0 Å². The summed E-state index contributed by atoms with van der Waals surface area (Å²) in [6.07, 6.45) is 1.62. The lowest BCUT2D eigenvalue weighted by atomic mass is 10.2. The van der Waals surface area contributed by atoms with Crippen molar-refractivity contribution in [2.24, 2.45) is 10.2 Å². The molecular formula is C19H18BrN3O3S. The van der Waals surface area contributed by atoms with E-state index in [4.69, 9.17) is 9.47 Å². The van der Waals surface area contributed by atoms with Crippen molar-refractivity contribution < 1.29 is 14.3 Å². The minimum Gasteiger partial charge on any atom is -0.497 e. The SMILES string of the molecule is COc1ccc(CN2C(=O)CS/C2=N/N=C\c2cc(Br)ccc2OC)cc1. The van der Waals surface area contributed by atoms with E-state index in [-0.39, 0.29) is 5.91 Å². The number of benzene rings is 2. The fourth-order valence-corrected chi connectivity index (χ4v) is 3.70. The van der Waals surface area contributed by atoms with Crippen LogP contribution in [0.5, 0.6) is 11.5 Å². The Kier molecular flexibility index (Phi) is 6.52. The fourth-order valence-electron chi connectivity index (χ4n) is 2.49. The Labute approximate surface area is 170 Å². The third-order valence-electron chi connectivity index (χ3n) is 3.89. The zero-order valence-corrected chi connectivity index (χ0v) is 17.3. The summed E-state index contributed by atoms with van der Waals surface area (Å²) in [7, 11) is 3.23. The molecule has 8 heteroatoms. The summed E-state index contributed by atoms with van der Waals surface area (Å²) >= 11 is 4.81. The maximum Gasteiger partial charge on any atom is 0.239 e. The zero-order chi connectivity index (χ0) is 19.2. The quantitative estimate of drug-likeness (QED) is 0.496. The molecule has 1 fully saturated rings. The normalized spacial score (nSPS) is 15.7. The summed E-state index contributed by atoms with van der Waals surface area (Å²) in [4.78, 5) is 13.9. The highest BCUT2D eigenvalue weighted by molar-refractivity contribution is 9.10. The van der Waals surface area contributed by atoms with Gasteiger partial charge in [0.1, 0.15) is 11.5 Å². The standard InChI is InChI=1S/C19H18BrN3O3S/c1-25-16-6-3-13(4-7-16)11-23-18(24)12-27-19(23)22-21-10-14-9-15(20)5-8-17(14)26-2/h3-10H,11-12H2,1-2H3/b21-10-,22-19+. The summed E-state index contributed by atoms with van der Waals surface area (Å²) in [5.74, 6) is 1.87. The number of carbonyl (C=O) groups excluding carboxylic acids is 1. The van der Waals surface area contributed by atoms with E-state index in [1.165, 1.54) is 11.8 Å². The molecule has 0 aliphatic carbocycles. The van der Waals surface area contributed by atoms with Gasteiger partial charge in [-0.3, -0.25) is 9.69 Å². The molecule has 0 atom stereocenters. The molecule has 0 saturated carbocycles. The molecule has 140 valence electrons. The van der Waals surface area contributed by atoms with E-state index in [2.05, 4.69) is 26.1 Å². The van der Waals surface area contributed by atoms with Crippen molar-refractivity contribution in [2.45, 2.75) is 6.54 Å². The molecule has 0 aromatic heterocycles. The van der Waals surface area contributed by atoms with Crippen LogP contribution in [0.15, 0.2) is 57.1 Å². The van der Waals surface area contributed by atoms with Crippen molar-refractivity contribution in [3.63, 3.8) is 0 Å². The van der Waals surface area contributed by atoms with E-state index in [0.717, 1.165) is 21.3 Å². The molecule has 0 unspecified atom stereocenters. The first-order valence-corrected chi connectivity index (χ1v) is 9.89. The lowest BCUT2D eigenvalue weighted by Gasteiger charge is -2.15. The Hall–Kier alpha value is -2.32. The van der Waals surface area contributed by atoms with Crippen molar-refractivity contribution in [2.75, 3.05) is 20.0 Å². The van der Waals surface area contributed by atoms with Gasteiger partial charge in [0.2, 0.25) is 5.91 Å². The van der Waals surface area contributed by atoms with Crippen LogP contribution < -0.4 is 9.47 Å². The molecule has 2 aromatic rings. The Morgan fingerprint density at radius 3 is 2.67 bits per heavy atom. The summed E-state index contributed by atoms with van der Waals surface area (Å²) in [6, 6.07) is 13.2. The van der Waals surface area contributed by atoms with E-state index in [0.29, 0.717) is 23.2 Å². The Morgan fingerprint density at radius 2 is 1.96 bits per heavy atom. The molecule has 3 rings (SSSR count). The van der Waals surface area contributed by atoms with E-state index >= 15 is 0 Å². The number of methoxy groups -OCH3 is 2. The number of ether oxygens (including phenoxy) is 2. The summed E-state index contributed by atoms with van der Waals surface area (Å²) in [5.41, 5.74) is 1.80. The van der Waals surface area contributed by atoms with Crippen LogP contribution in [-0.2, 0) is 11.3 Å². The number of hydrogen-bond acceptors (Lipinski definition) is 6. The van der Waals surface area contributed by atoms with Crippen LogP contribution in [0.4, 0.5) is 0 Å². The first kappa shape index (κ1) is 19.4. The third-order valence-corrected chi connectivity index (χ3v) is 5.33. The van der Waals surface area contributed by atoms with Gasteiger partial charge in [-0.25, -0.2) is 0 Å². The topological polar surface area (TPSA) is 63.5 Å². The van der Waals surface area contributed by atoms with Gasteiger partial charge in [-0.05, 0) is 35.9 Å². The van der Waals surface area contributed by atoms with E-state index in [1.54, 1.807) is 25.3 Å². The van der Waals surface area contributed by atoms with Crippen LogP contribution >= 0.6 is 27.7 Å². The molecule has 1 saturated heterocycles. The molecule has 27 heavy (non-hydrogen) atoms. The van der Waals surface area contributed by atoms with Gasteiger partial charge in [-0.15, -0.1) is 5.10 Å². The van der Waals surface area contributed by atoms with Crippen LogP contribution in [0.1, 0.15) is 11.1 Å². The summed E-state index contributed by atoms with van der Waals surface area (Å²) in [5, 5.41) is 8.98. The number of thioether (sulfide) groups is 1. The molecule has 0 spiro atoms. The van der Waals surface area contributed by atoms with Gasteiger partial charge >= 0.3 is 0 Å². The molecule has 0 radical (unpaired) electrons. The first-order chi connectivity index (χ1) is 13.1. The van der Waals surface area contributed by atoms with Gasteiger partial charge in [0.15, 0.2) is 5.17 Å². The van der Waals surface area contributed by atoms with Crippen LogP contribution in [0.2, 0.25) is 0 Å². The monoisotopic (exact) mass is 447 g/mol. The second-order valence-electron chi connectivity index (χ2n) is 5.63. The number of amides is 1. The smallest absolute Gasteiger partial charge is 0.239 e. The maximum atomic E-state index is 12.2. The summed E-state index contributed by atoms with van der Waals surface area (Å²) < 4.78 is 11.4. The van der Waals surface area contributed by atoms with Gasteiger partial charge in [-0.1, -0.05) is 39.8 Å². The summed E-state index contributed by atoms with van der Waals surface area (Å²) in [6.45, 7) is 0.449. The number of amidine groups is 1. The minimum absolute atomic E-state index is 0.0183. The second-order valence-corrected chi connectivity index (χ2v) is 7.49. The molecule has 0 N–H and O–H groups in total. The second kappa shape index (κ2) is 9.05. The molecular weight excluding hydrogens is 430 g/mol. The van der Waals surface area contributed by atoms with Crippen molar-refractivity contribution in [3.05, 3.63) is 58.1 Å². The van der Waals surface area contributed by atoms with Gasteiger partial charge < -0.3 is 9.47 Å². The zero-order valence-electron chi connectivity index (χ0n) is 14.9. The highest BCUT2D eigenvalue weighted by Crippen LogP contribution is 2.24. The van der Waals surface area contributed by atoms with Crippen molar-refractivity contribution in [1.82, 2.24) is 4.90 Å². The largest absolute Gasteiger partial charge is 0.497 e. The van der Waals surface area contributed by atoms with Gasteiger partial charge in [0.25, 0.3) is 0 Å². The lowest BCUT2D eigenvalue weighted by Crippen LogP contribution is -2.28. The molecule has 0 bridgehead atoms. The Morgan fingerprint density at radius 1 is 1.19 bits per heavy atom. The number of rotatable bonds is 6. The first-order valence-electron chi connectivity index (χ1n) is 8.11. The molecule has 1 heterocycles. The highest BCUT2D eigenvalue weighted by Gasteiger charge is 2.28. The Bertz CT molecular complexity index is 884. The van der Waals surface area contributed by atoms with Gasteiger partial charge in [-0.2, -0.15) is 5.10 Å². The predicted molar refractivity (Wildman–Crippen MR) is 112 cm³/mol. The van der Waals surface area contributed by atoms with Crippen molar-refractivity contribution in [3.8, 4) is 11.5 Å². The van der Waals surface area contributed by atoms with E-state index in [9.17, 15) is 4.79 Å². The van der Waals surface area contributed by atoms with Crippen LogP contribution in [0, 0.1) is 0 Å².